The molecule has 0 N–H and O–H groups in total. The molecule has 1 saturated carbocycles. The van der Waals surface area contributed by atoms with E-state index in [1.165, 1.54) is 4.90 Å². The Morgan fingerprint density at radius 3 is 2.47 bits per heavy atom. The summed E-state index contributed by atoms with van der Waals surface area (Å²) in [5.41, 5.74) is 1.53. The number of hydrogen-bond acceptors (Lipinski definition) is 3. The Kier molecular flexibility index (Phi) is 7.31. The summed E-state index contributed by atoms with van der Waals surface area (Å²) >= 11 is 9.50. The molecule has 1 aliphatic heterocycles. The molecule has 3 amide bonds. The molecule has 4 rings (SSSR count). The minimum absolute atomic E-state index is 0.00414. The van der Waals surface area contributed by atoms with Gasteiger partial charge in [0.25, 0.3) is 5.91 Å². The van der Waals surface area contributed by atoms with E-state index in [1.807, 2.05) is 24.3 Å². The van der Waals surface area contributed by atoms with Crippen LogP contribution in [0.3, 0.4) is 0 Å². The van der Waals surface area contributed by atoms with E-state index in [2.05, 4.69) is 15.9 Å². The fourth-order valence-electron chi connectivity index (χ4n) is 4.67. The van der Waals surface area contributed by atoms with Gasteiger partial charge >= 0.3 is 0 Å². The van der Waals surface area contributed by atoms with Gasteiger partial charge in [-0.25, -0.2) is 4.90 Å². The first kappa shape index (κ1) is 23.0. The monoisotopic (exact) mass is 516 g/mol. The maximum atomic E-state index is 13.5. The lowest BCUT2D eigenvalue weighted by Crippen LogP contribution is -2.48. The number of carbonyl (C=O) groups excluding carboxylic acids is 3. The molecule has 1 unspecified atom stereocenters. The van der Waals surface area contributed by atoms with Crippen molar-refractivity contribution in [3.63, 3.8) is 0 Å². The van der Waals surface area contributed by atoms with Gasteiger partial charge in [-0.3, -0.25) is 14.4 Å². The van der Waals surface area contributed by atoms with Crippen molar-refractivity contribution in [1.29, 1.82) is 0 Å². The van der Waals surface area contributed by atoms with E-state index in [0.29, 0.717) is 23.7 Å². The van der Waals surface area contributed by atoms with Crippen molar-refractivity contribution in [3.05, 3.63) is 63.6 Å². The molecular formula is C25H26BrClN2O3. The van der Waals surface area contributed by atoms with Crippen LogP contribution in [-0.2, 0) is 20.8 Å². The van der Waals surface area contributed by atoms with Crippen molar-refractivity contribution in [2.75, 3.05) is 11.4 Å². The normalized spacial score (nSPS) is 19.4. The van der Waals surface area contributed by atoms with Gasteiger partial charge in [-0.2, -0.15) is 0 Å². The Morgan fingerprint density at radius 2 is 1.78 bits per heavy atom. The summed E-state index contributed by atoms with van der Waals surface area (Å²) < 4.78 is 0.868. The van der Waals surface area contributed by atoms with Gasteiger partial charge in [0.15, 0.2) is 0 Å². The van der Waals surface area contributed by atoms with Crippen LogP contribution >= 0.6 is 27.5 Å². The SMILES string of the molecule is O=C1CC(N(CCc2cccc(Cl)c2)C(=O)C2CCCCC2)C(=O)N1c1ccc(Br)cc1. The van der Waals surface area contributed by atoms with E-state index in [0.717, 1.165) is 42.1 Å². The second-order valence-electron chi connectivity index (χ2n) is 8.51. The molecule has 2 aliphatic rings. The van der Waals surface area contributed by atoms with E-state index < -0.39 is 6.04 Å². The number of carbonyl (C=O) groups is 3. The molecule has 2 fully saturated rings. The Balaban J connectivity index is 1.58. The number of nitrogens with zero attached hydrogens (tertiary/aromatic N) is 2. The van der Waals surface area contributed by atoms with E-state index >= 15 is 0 Å². The molecule has 0 aromatic heterocycles. The maximum absolute atomic E-state index is 13.5. The van der Waals surface area contributed by atoms with E-state index in [9.17, 15) is 14.4 Å². The lowest BCUT2D eigenvalue weighted by atomic mass is 9.87. The first-order chi connectivity index (χ1) is 15.4. The number of anilines is 1. The number of imide groups is 1. The molecule has 2 aromatic rings. The van der Waals surface area contributed by atoms with Gasteiger partial charge < -0.3 is 4.90 Å². The third-order valence-corrected chi connectivity index (χ3v) is 7.12. The van der Waals surface area contributed by atoms with Crippen molar-refractivity contribution < 1.29 is 14.4 Å². The second-order valence-corrected chi connectivity index (χ2v) is 9.86. The first-order valence-electron chi connectivity index (χ1n) is 11.1. The van der Waals surface area contributed by atoms with Crippen LogP contribution in [0.4, 0.5) is 5.69 Å². The van der Waals surface area contributed by atoms with Gasteiger partial charge in [-0.15, -0.1) is 0 Å². The van der Waals surface area contributed by atoms with Crippen LogP contribution in [0.25, 0.3) is 0 Å². The maximum Gasteiger partial charge on any atom is 0.257 e. The molecule has 168 valence electrons. The number of benzene rings is 2. The lowest BCUT2D eigenvalue weighted by molar-refractivity contribution is -0.142. The van der Waals surface area contributed by atoms with Crippen LogP contribution in [0.2, 0.25) is 5.02 Å². The molecule has 0 spiro atoms. The number of rotatable bonds is 6. The van der Waals surface area contributed by atoms with Crippen molar-refractivity contribution in [3.8, 4) is 0 Å². The van der Waals surface area contributed by atoms with Gasteiger partial charge in [0.1, 0.15) is 6.04 Å². The number of hydrogen-bond donors (Lipinski definition) is 0. The van der Waals surface area contributed by atoms with Gasteiger partial charge in [0.05, 0.1) is 12.1 Å². The van der Waals surface area contributed by atoms with Crippen molar-refractivity contribution in [1.82, 2.24) is 4.90 Å². The van der Waals surface area contributed by atoms with Crippen LogP contribution in [0.15, 0.2) is 53.0 Å². The molecule has 1 saturated heterocycles. The summed E-state index contributed by atoms with van der Waals surface area (Å²) in [4.78, 5) is 42.6. The third-order valence-electron chi connectivity index (χ3n) is 6.35. The molecule has 7 heteroatoms. The zero-order valence-corrected chi connectivity index (χ0v) is 20.1. The molecule has 0 radical (unpaired) electrons. The highest BCUT2D eigenvalue weighted by molar-refractivity contribution is 9.10. The van der Waals surface area contributed by atoms with Crippen molar-refractivity contribution >= 4 is 50.9 Å². The molecular weight excluding hydrogens is 492 g/mol. The molecule has 1 heterocycles. The highest BCUT2D eigenvalue weighted by atomic mass is 79.9. The standard InChI is InChI=1S/C25H26BrClN2O3/c26-19-9-11-21(12-10-19)29-23(30)16-22(25(29)32)28(24(31)18-6-2-1-3-7-18)14-13-17-5-4-8-20(27)15-17/h4-5,8-12,15,18,22H,1-3,6-7,13-14,16H2. The summed E-state index contributed by atoms with van der Waals surface area (Å²) in [5, 5.41) is 0.640. The lowest BCUT2D eigenvalue weighted by Gasteiger charge is -2.32. The zero-order chi connectivity index (χ0) is 22.7. The zero-order valence-electron chi connectivity index (χ0n) is 17.8. The van der Waals surface area contributed by atoms with Crippen molar-refractivity contribution in [2.24, 2.45) is 5.92 Å². The van der Waals surface area contributed by atoms with Gasteiger partial charge in [0, 0.05) is 22.0 Å². The second kappa shape index (κ2) is 10.2. The topological polar surface area (TPSA) is 57.7 Å². The highest BCUT2D eigenvalue weighted by Gasteiger charge is 2.45. The molecule has 2 aromatic carbocycles. The smallest absolute Gasteiger partial charge is 0.257 e. The van der Waals surface area contributed by atoms with Gasteiger partial charge in [0.2, 0.25) is 11.8 Å². The fourth-order valence-corrected chi connectivity index (χ4v) is 5.14. The van der Waals surface area contributed by atoms with Crippen LogP contribution in [0, 0.1) is 5.92 Å². The van der Waals surface area contributed by atoms with Crippen LogP contribution in [0.5, 0.6) is 0 Å². The third kappa shape index (κ3) is 5.07. The Hall–Kier alpha value is -2.18. The molecule has 1 atom stereocenters. The van der Waals surface area contributed by atoms with E-state index in [-0.39, 0.29) is 30.1 Å². The minimum Gasteiger partial charge on any atom is -0.330 e. The molecule has 0 bridgehead atoms. The largest absolute Gasteiger partial charge is 0.330 e. The average Bonchev–Trinajstić information content (AvgIpc) is 3.09. The Bertz CT molecular complexity index is 1000. The highest BCUT2D eigenvalue weighted by Crippen LogP contribution is 2.31. The quantitative estimate of drug-likeness (QED) is 0.483. The van der Waals surface area contributed by atoms with Crippen molar-refractivity contribution in [2.45, 2.75) is 51.0 Å². The Morgan fingerprint density at radius 1 is 1.06 bits per heavy atom. The van der Waals surface area contributed by atoms with E-state index in [4.69, 9.17) is 11.6 Å². The van der Waals surface area contributed by atoms with E-state index in [1.54, 1.807) is 29.2 Å². The average molecular weight is 518 g/mol. The Labute approximate surface area is 201 Å². The van der Waals surface area contributed by atoms with Gasteiger partial charge in [-0.1, -0.05) is 58.9 Å². The van der Waals surface area contributed by atoms with Crippen LogP contribution in [-0.4, -0.2) is 35.2 Å². The summed E-state index contributed by atoms with van der Waals surface area (Å²) in [6.07, 6.45) is 5.49. The summed E-state index contributed by atoms with van der Waals surface area (Å²) in [7, 11) is 0. The summed E-state index contributed by atoms with van der Waals surface area (Å²) in [6.45, 7) is 0.382. The summed E-state index contributed by atoms with van der Waals surface area (Å²) in [6, 6.07) is 13.8. The summed E-state index contributed by atoms with van der Waals surface area (Å²) in [5.74, 6) is -0.678. The van der Waals surface area contributed by atoms with Crippen LogP contribution < -0.4 is 4.90 Å². The molecule has 5 nitrogen and oxygen atoms in total. The predicted molar refractivity (Wildman–Crippen MR) is 128 cm³/mol. The first-order valence-corrected chi connectivity index (χ1v) is 12.3. The molecule has 1 aliphatic carbocycles. The minimum atomic E-state index is -0.764. The number of halogens is 2. The number of amides is 3. The van der Waals surface area contributed by atoms with Crippen LogP contribution in [0.1, 0.15) is 44.1 Å². The predicted octanol–water partition coefficient (Wildman–Crippen LogP) is 5.39. The van der Waals surface area contributed by atoms with Gasteiger partial charge in [-0.05, 0) is 61.2 Å². The fraction of sp³-hybridized carbons (Fsp3) is 0.400. The molecule has 32 heavy (non-hydrogen) atoms.